The van der Waals surface area contributed by atoms with Gasteiger partial charge < -0.3 is 10.2 Å². The number of thiophene rings is 1. The quantitative estimate of drug-likeness (QED) is 0.644. The molecule has 1 unspecified atom stereocenters. The molecular weight excluding hydrogens is 416 g/mol. The van der Waals surface area contributed by atoms with Gasteiger partial charge in [0.25, 0.3) is 0 Å². The average Bonchev–Trinajstić information content (AvgIpc) is 3.21. The maximum atomic E-state index is 13.2. The van der Waals surface area contributed by atoms with Gasteiger partial charge in [0.05, 0.1) is 5.39 Å². The van der Waals surface area contributed by atoms with Gasteiger partial charge in [0.15, 0.2) is 5.65 Å². The van der Waals surface area contributed by atoms with E-state index >= 15 is 0 Å². The predicted molar refractivity (Wildman–Crippen MR) is 117 cm³/mol. The maximum absolute atomic E-state index is 13.2. The van der Waals surface area contributed by atoms with Crippen molar-refractivity contribution in [3.63, 3.8) is 0 Å². The number of nitrogens with one attached hydrogen (secondary N) is 1. The lowest BCUT2D eigenvalue weighted by molar-refractivity contribution is -0.149. The standard InChI is InChI=1S/C21H26N6O3S/c1-11-5-6-13-14(9-11)31-18-16(13)17-24-26(20(30)27(17)12(2)23-18)10-15(28)25-8-7-22-19(29)21(25,3)4/h11H,5-10H2,1-4H3,(H,22,29). The van der Waals surface area contributed by atoms with Crippen molar-refractivity contribution < 1.29 is 9.59 Å². The third-order valence-electron chi connectivity index (χ3n) is 6.58. The number of aryl methyl sites for hydroxylation is 2. The molecule has 1 aliphatic heterocycles. The van der Waals surface area contributed by atoms with Gasteiger partial charge in [-0.25, -0.2) is 18.9 Å². The molecule has 1 saturated heterocycles. The molecule has 2 aliphatic rings. The van der Waals surface area contributed by atoms with Gasteiger partial charge in [0, 0.05) is 18.0 Å². The van der Waals surface area contributed by atoms with Gasteiger partial charge in [0.1, 0.15) is 22.7 Å². The molecule has 5 rings (SSSR count). The van der Waals surface area contributed by atoms with Crippen LogP contribution in [0, 0.1) is 12.8 Å². The molecule has 1 N–H and O–H groups in total. The lowest BCUT2D eigenvalue weighted by Gasteiger charge is -2.41. The molecule has 0 aromatic carbocycles. The van der Waals surface area contributed by atoms with Crippen LogP contribution in [0.4, 0.5) is 0 Å². The minimum absolute atomic E-state index is 0.199. The summed E-state index contributed by atoms with van der Waals surface area (Å²) in [7, 11) is 0. The number of fused-ring (bicyclic) bond motifs is 5. The van der Waals surface area contributed by atoms with E-state index in [4.69, 9.17) is 0 Å². The largest absolute Gasteiger partial charge is 0.352 e. The zero-order valence-corrected chi connectivity index (χ0v) is 19.0. The fourth-order valence-corrected chi connectivity index (χ4v) is 6.18. The van der Waals surface area contributed by atoms with Crippen molar-refractivity contribution in [3.05, 3.63) is 26.7 Å². The summed E-state index contributed by atoms with van der Waals surface area (Å²) >= 11 is 1.69. The molecule has 31 heavy (non-hydrogen) atoms. The number of rotatable bonds is 2. The number of carbonyl (C=O) groups is 2. The summed E-state index contributed by atoms with van der Waals surface area (Å²) in [6.45, 7) is 8.07. The zero-order chi connectivity index (χ0) is 22.1. The highest BCUT2D eigenvalue weighted by Crippen LogP contribution is 2.38. The number of aromatic nitrogens is 4. The van der Waals surface area contributed by atoms with Crippen molar-refractivity contribution in [2.45, 2.75) is 59.0 Å². The molecule has 0 saturated carbocycles. The second-order valence-electron chi connectivity index (χ2n) is 9.15. The Balaban J connectivity index is 1.59. The second kappa shape index (κ2) is 6.88. The first-order chi connectivity index (χ1) is 14.7. The molecule has 0 radical (unpaired) electrons. The highest BCUT2D eigenvalue weighted by atomic mass is 32.1. The van der Waals surface area contributed by atoms with Crippen LogP contribution in [0.3, 0.4) is 0 Å². The number of piperazine rings is 1. The molecular formula is C21H26N6O3S. The Labute approximate surface area is 183 Å². The van der Waals surface area contributed by atoms with Crippen LogP contribution >= 0.6 is 11.3 Å². The first kappa shape index (κ1) is 20.2. The van der Waals surface area contributed by atoms with E-state index in [1.165, 1.54) is 24.4 Å². The number of hydrogen-bond donors (Lipinski definition) is 1. The molecule has 1 atom stereocenters. The normalized spacial score (nSPS) is 20.8. The minimum atomic E-state index is -0.966. The Morgan fingerprint density at radius 1 is 1.32 bits per heavy atom. The van der Waals surface area contributed by atoms with E-state index in [1.807, 2.05) is 0 Å². The Morgan fingerprint density at radius 2 is 2.10 bits per heavy atom. The summed E-state index contributed by atoms with van der Waals surface area (Å²) in [5.74, 6) is 0.708. The van der Waals surface area contributed by atoms with E-state index in [0.717, 1.165) is 29.5 Å². The fourth-order valence-electron chi connectivity index (χ4n) is 4.76. The SMILES string of the molecule is Cc1nc2sc3c(c2c2nn(CC(=O)N4CCNC(=O)C4(C)C)c(=O)n12)CCC(C)C3. The molecule has 4 heterocycles. The lowest BCUT2D eigenvalue weighted by Crippen LogP contribution is -2.64. The van der Waals surface area contributed by atoms with Crippen LogP contribution in [0.15, 0.2) is 4.79 Å². The van der Waals surface area contributed by atoms with Crippen LogP contribution < -0.4 is 11.0 Å². The average molecular weight is 443 g/mol. The summed E-state index contributed by atoms with van der Waals surface area (Å²) in [5, 5.41) is 8.31. The molecule has 1 fully saturated rings. The van der Waals surface area contributed by atoms with E-state index < -0.39 is 5.54 Å². The van der Waals surface area contributed by atoms with Crippen molar-refractivity contribution in [2.75, 3.05) is 13.1 Å². The van der Waals surface area contributed by atoms with Crippen molar-refractivity contribution in [1.29, 1.82) is 0 Å². The fraction of sp³-hybridized carbons (Fsp3) is 0.571. The zero-order valence-electron chi connectivity index (χ0n) is 18.2. The van der Waals surface area contributed by atoms with Gasteiger partial charge in [-0.2, -0.15) is 0 Å². The summed E-state index contributed by atoms with van der Waals surface area (Å²) in [6.07, 6.45) is 3.08. The smallest absolute Gasteiger partial charge is 0.352 e. The van der Waals surface area contributed by atoms with Crippen LogP contribution in [0.5, 0.6) is 0 Å². The van der Waals surface area contributed by atoms with Crippen LogP contribution in [0.25, 0.3) is 15.9 Å². The summed E-state index contributed by atoms with van der Waals surface area (Å²) < 4.78 is 2.72. The summed E-state index contributed by atoms with van der Waals surface area (Å²) in [6, 6.07) is 0. The van der Waals surface area contributed by atoms with E-state index in [0.29, 0.717) is 30.5 Å². The van der Waals surface area contributed by atoms with Gasteiger partial charge in [0.2, 0.25) is 11.8 Å². The Morgan fingerprint density at radius 3 is 2.87 bits per heavy atom. The number of nitrogens with zero attached hydrogens (tertiary/aromatic N) is 5. The van der Waals surface area contributed by atoms with Gasteiger partial charge in [-0.05, 0) is 51.5 Å². The van der Waals surface area contributed by atoms with Crippen LogP contribution in [0.2, 0.25) is 0 Å². The molecule has 3 aromatic heterocycles. The Bertz CT molecular complexity index is 1300. The predicted octanol–water partition coefficient (Wildman–Crippen LogP) is 1.28. The minimum Gasteiger partial charge on any atom is -0.352 e. The number of carbonyl (C=O) groups excluding carboxylic acids is 2. The summed E-state index contributed by atoms with van der Waals surface area (Å²) in [5.41, 5.74) is 0.473. The number of amides is 2. The third-order valence-corrected chi connectivity index (χ3v) is 7.73. The van der Waals surface area contributed by atoms with Crippen molar-refractivity contribution in [1.82, 2.24) is 29.4 Å². The lowest BCUT2D eigenvalue weighted by atomic mass is 9.89. The Kier molecular flexibility index (Phi) is 4.47. The molecule has 10 heteroatoms. The first-order valence-corrected chi connectivity index (χ1v) is 11.5. The van der Waals surface area contributed by atoms with E-state index in [1.54, 1.807) is 32.1 Å². The van der Waals surface area contributed by atoms with E-state index in [-0.39, 0.29) is 24.0 Å². The van der Waals surface area contributed by atoms with Gasteiger partial charge in [-0.15, -0.1) is 16.4 Å². The first-order valence-electron chi connectivity index (χ1n) is 10.7. The molecule has 1 aliphatic carbocycles. The topological polar surface area (TPSA) is 102 Å². The van der Waals surface area contributed by atoms with Gasteiger partial charge >= 0.3 is 5.69 Å². The Hall–Kier alpha value is -2.75. The van der Waals surface area contributed by atoms with E-state index in [9.17, 15) is 14.4 Å². The van der Waals surface area contributed by atoms with Crippen molar-refractivity contribution in [3.8, 4) is 0 Å². The van der Waals surface area contributed by atoms with Crippen LogP contribution in [0.1, 0.15) is 43.5 Å². The third kappa shape index (κ3) is 2.99. The molecule has 3 aromatic rings. The second-order valence-corrected chi connectivity index (χ2v) is 10.2. The van der Waals surface area contributed by atoms with E-state index in [2.05, 4.69) is 22.3 Å². The molecule has 9 nitrogen and oxygen atoms in total. The highest BCUT2D eigenvalue weighted by molar-refractivity contribution is 7.19. The summed E-state index contributed by atoms with van der Waals surface area (Å²) in [4.78, 5) is 46.9. The van der Waals surface area contributed by atoms with Crippen LogP contribution in [-0.4, -0.2) is 54.5 Å². The van der Waals surface area contributed by atoms with Crippen molar-refractivity contribution >= 4 is 39.0 Å². The monoisotopic (exact) mass is 442 g/mol. The van der Waals surface area contributed by atoms with Crippen LogP contribution in [-0.2, 0) is 29.0 Å². The molecule has 0 bridgehead atoms. The molecule has 2 amide bonds. The van der Waals surface area contributed by atoms with Gasteiger partial charge in [-0.1, -0.05) is 6.92 Å². The highest BCUT2D eigenvalue weighted by Gasteiger charge is 2.40. The van der Waals surface area contributed by atoms with Gasteiger partial charge in [-0.3, -0.25) is 9.59 Å². The maximum Gasteiger partial charge on any atom is 0.352 e. The molecule has 164 valence electrons. The van der Waals surface area contributed by atoms with Crippen molar-refractivity contribution in [2.24, 2.45) is 5.92 Å². The number of hydrogen-bond acceptors (Lipinski definition) is 6. The molecule has 0 spiro atoms.